The molecule has 8 N–H and O–H groups in total. The van der Waals surface area contributed by atoms with Gasteiger partial charge in [-0.2, -0.15) is 0 Å². The molecule has 8 heteroatoms. The molecule has 0 amide bonds. The fraction of sp³-hybridized carbons (Fsp3) is 0. The van der Waals surface area contributed by atoms with Crippen molar-refractivity contribution in [3.63, 3.8) is 0 Å². The van der Waals surface area contributed by atoms with Crippen molar-refractivity contribution in [2.45, 2.75) is 0 Å². The van der Waals surface area contributed by atoms with Crippen LogP contribution >= 0.6 is 0 Å². The molecule has 0 aliphatic rings. The summed E-state index contributed by atoms with van der Waals surface area (Å²) in [6.45, 7) is 0. The van der Waals surface area contributed by atoms with E-state index in [1.54, 1.807) is 0 Å². The summed E-state index contributed by atoms with van der Waals surface area (Å²) in [5.74, 6) is 0. The Morgan fingerprint density at radius 1 is 0.750 bits per heavy atom. The largest absolute Gasteiger partial charge is 1.00 e. The molecule has 8 heavy (non-hydrogen) atoms. The van der Waals surface area contributed by atoms with Crippen LogP contribution in [-0.2, 0) is 21.7 Å². The van der Waals surface area contributed by atoms with Gasteiger partial charge < -0.3 is 26.2 Å². The maximum absolute atomic E-state index is 0. The third kappa shape index (κ3) is 50.5. The standard InChI is InChI=1S/Ba.Bi.Na.4H2O.Ti.6H/h;;;4*1H2;;;;;;;/q+2;;+1;;;;;;;;;3*-1. The Kier molecular flexibility index (Phi) is 777. The van der Waals surface area contributed by atoms with Gasteiger partial charge in [0.05, 0.1) is 0 Å². The molecular formula is H14BaBiNaO4Ti. The molecule has 0 unspecified atom stereocenters. The molecule has 0 atom stereocenters. The molecule has 0 heterocycles. The van der Waals surface area contributed by atoms with Gasteiger partial charge in [0.2, 0.25) is 0 Å². The SMILES string of the molecule is O.O.O.O.[Ba+2].[BiH3].[H-].[H-].[H-].[Na+].[Ti]. The van der Waals surface area contributed by atoms with Crippen molar-refractivity contribution in [2.24, 2.45) is 0 Å². The summed E-state index contributed by atoms with van der Waals surface area (Å²) in [5, 5.41) is 0. The van der Waals surface area contributed by atoms with Crippen LogP contribution in [0.15, 0.2) is 0 Å². The van der Waals surface area contributed by atoms with E-state index in [4.69, 9.17) is 0 Å². The second-order valence-corrected chi connectivity index (χ2v) is 0. The Morgan fingerprint density at radius 3 is 0.750 bits per heavy atom. The molecule has 0 radical (unpaired) electrons. The van der Waals surface area contributed by atoms with Crippen LogP contribution in [0.2, 0.25) is 0 Å². The summed E-state index contributed by atoms with van der Waals surface area (Å²) >= 11 is 0. The molecule has 0 saturated heterocycles. The van der Waals surface area contributed by atoms with Gasteiger partial charge in [0.1, 0.15) is 0 Å². The fourth-order valence-corrected chi connectivity index (χ4v) is 0. The van der Waals surface area contributed by atoms with Crippen molar-refractivity contribution in [2.75, 3.05) is 0 Å². The second kappa shape index (κ2) is 68.6. The Morgan fingerprint density at radius 2 is 0.750 bits per heavy atom. The second-order valence-electron chi connectivity index (χ2n) is 0. The fourth-order valence-electron chi connectivity index (χ4n) is 0. The molecule has 50 valence electrons. The zero-order valence-corrected chi connectivity index (χ0v) is 18.4. The number of hydrogen-bond donors (Lipinski definition) is 0. The Bertz CT molecular complexity index is 25.3. The molecule has 0 bridgehead atoms. The van der Waals surface area contributed by atoms with E-state index in [0.29, 0.717) is 0 Å². The Balaban J connectivity index is 0. The molecular weight excluding hydrogens is 481 g/mol. The van der Waals surface area contributed by atoms with Crippen LogP contribution in [0.3, 0.4) is 0 Å². The van der Waals surface area contributed by atoms with Gasteiger partial charge in [-0.05, 0) is 0 Å². The van der Waals surface area contributed by atoms with Crippen LogP contribution in [-0.4, -0.2) is 97.0 Å². The van der Waals surface area contributed by atoms with Crippen molar-refractivity contribution in [1.29, 1.82) is 0 Å². The zero-order valence-electron chi connectivity index (χ0n) is 7.91. The van der Waals surface area contributed by atoms with Gasteiger partial charge in [-0.15, -0.1) is 0 Å². The molecule has 0 aliphatic carbocycles. The summed E-state index contributed by atoms with van der Waals surface area (Å²) in [4.78, 5) is 0. The molecule has 0 spiro atoms. The van der Waals surface area contributed by atoms with Crippen molar-refractivity contribution in [3.8, 4) is 0 Å². The average Bonchev–Trinajstić information content (AvgIpc) is 0. The van der Waals surface area contributed by atoms with Gasteiger partial charge in [0.15, 0.2) is 0 Å². The van der Waals surface area contributed by atoms with Crippen LogP contribution in [0.25, 0.3) is 0 Å². The molecule has 0 aromatic carbocycles. The normalized spacial score (nSPS) is 0. The molecule has 0 aromatic rings. The van der Waals surface area contributed by atoms with E-state index in [1.807, 2.05) is 0 Å². The van der Waals surface area contributed by atoms with E-state index in [0.717, 1.165) is 0 Å². The van der Waals surface area contributed by atoms with E-state index in [9.17, 15) is 0 Å². The van der Waals surface area contributed by atoms with Crippen molar-refractivity contribution >= 4 is 75.1 Å². The van der Waals surface area contributed by atoms with Gasteiger partial charge in [-0.1, -0.05) is 0 Å². The zero-order chi connectivity index (χ0) is 0. The summed E-state index contributed by atoms with van der Waals surface area (Å²) in [7, 11) is 0. The topological polar surface area (TPSA) is 126 Å². The quantitative estimate of drug-likeness (QED) is 0.296. The summed E-state index contributed by atoms with van der Waals surface area (Å²) in [6, 6.07) is 0. The molecule has 0 saturated carbocycles. The molecule has 0 rings (SSSR count). The third-order valence-electron chi connectivity index (χ3n) is 0. The summed E-state index contributed by atoms with van der Waals surface area (Å²) in [5.41, 5.74) is 0. The first-order valence-electron chi connectivity index (χ1n) is 0. The number of rotatable bonds is 0. The van der Waals surface area contributed by atoms with Gasteiger partial charge in [-0.3, -0.25) is 0 Å². The predicted octanol–water partition coefficient (Wildman–Crippen LogP) is -7.52. The first kappa shape index (κ1) is 90.6. The van der Waals surface area contributed by atoms with E-state index in [2.05, 4.69) is 0 Å². The van der Waals surface area contributed by atoms with Gasteiger partial charge in [0.25, 0.3) is 0 Å². The van der Waals surface area contributed by atoms with Gasteiger partial charge in [0, 0.05) is 21.7 Å². The maximum Gasteiger partial charge on any atom is 1.00 e. The summed E-state index contributed by atoms with van der Waals surface area (Å²) < 4.78 is 0. The Labute approximate surface area is 149 Å². The van der Waals surface area contributed by atoms with E-state index >= 15 is 0 Å². The van der Waals surface area contributed by atoms with Crippen molar-refractivity contribution in [1.82, 2.24) is 0 Å². The van der Waals surface area contributed by atoms with Crippen LogP contribution in [0.4, 0.5) is 0 Å². The maximum atomic E-state index is 0. The van der Waals surface area contributed by atoms with E-state index < -0.39 is 0 Å². The monoisotopic (exact) mass is 496 g/mol. The van der Waals surface area contributed by atoms with Crippen molar-refractivity contribution < 1.29 is 77.5 Å². The van der Waals surface area contributed by atoms with Crippen LogP contribution in [0.5, 0.6) is 0 Å². The minimum Gasteiger partial charge on any atom is -1.00 e. The van der Waals surface area contributed by atoms with Crippen LogP contribution in [0.1, 0.15) is 4.28 Å². The third-order valence-corrected chi connectivity index (χ3v) is 0. The van der Waals surface area contributed by atoms with E-state index in [1.165, 1.54) is 0 Å². The van der Waals surface area contributed by atoms with Crippen LogP contribution in [0, 0.1) is 0 Å². The number of hydrogen-bond acceptors (Lipinski definition) is 0. The smallest absolute Gasteiger partial charge is 1.00 e. The average molecular weight is 495 g/mol. The van der Waals surface area contributed by atoms with Crippen LogP contribution < -0.4 is 29.6 Å². The molecule has 4 nitrogen and oxygen atoms in total. The predicted molar refractivity (Wildman–Crippen MR) is 33.5 cm³/mol. The first-order valence-corrected chi connectivity index (χ1v) is 0. The Hall–Kier alpha value is 4.01. The van der Waals surface area contributed by atoms with E-state index in [-0.39, 0.29) is 153 Å². The van der Waals surface area contributed by atoms with Crippen molar-refractivity contribution in [3.05, 3.63) is 0 Å². The van der Waals surface area contributed by atoms with Gasteiger partial charge in [-0.25, -0.2) is 0 Å². The molecule has 0 fully saturated rings. The minimum absolute atomic E-state index is 0. The minimum atomic E-state index is 0. The summed E-state index contributed by atoms with van der Waals surface area (Å²) in [6.07, 6.45) is 0. The molecule has 0 aliphatic heterocycles. The first-order chi connectivity index (χ1) is 0. The van der Waals surface area contributed by atoms with Gasteiger partial charge >= 0.3 is 105 Å². The molecule has 0 aromatic heterocycles.